The third-order valence-corrected chi connectivity index (χ3v) is 5.23. The smallest absolute Gasteiger partial charge is 0.257 e. The highest BCUT2D eigenvalue weighted by atomic mass is 35.5. The topological polar surface area (TPSA) is 83.6 Å². The molecule has 0 aliphatic heterocycles. The van der Waals surface area contributed by atoms with Crippen LogP contribution in [0.5, 0.6) is 0 Å². The van der Waals surface area contributed by atoms with Crippen LogP contribution in [0, 0.1) is 0 Å². The van der Waals surface area contributed by atoms with E-state index in [0.29, 0.717) is 38.2 Å². The fourth-order valence-electron chi connectivity index (χ4n) is 2.45. The molecule has 0 saturated heterocycles. The van der Waals surface area contributed by atoms with Gasteiger partial charge in [0, 0.05) is 33.1 Å². The molecule has 0 aliphatic carbocycles. The van der Waals surface area contributed by atoms with Crippen molar-refractivity contribution in [3.05, 3.63) is 68.6 Å². The summed E-state index contributed by atoms with van der Waals surface area (Å²) in [6, 6.07) is 10.5. The maximum absolute atomic E-state index is 12.4. The van der Waals surface area contributed by atoms with E-state index < -0.39 is 0 Å². The van der Waals surface area contributed by atoms with Crippen molar-refractivity contribution in [2.45, 2.75) is 6.42 Å². The van der Waals surface area contributed by atoms with Crippen molar-refractivity contribution in [1.82, 2.24) is 20.4 Å². The number of amides is 1. The van der Waals surface area contributed by atoms with E-state index in [9.17, 15) is 4.79 Å². The lowest BCUT2D eigenvalue weighted by molar-refractivity contribution is 0.102. The van der Waals surface area contributed by atoms with Crippen LogP contribution >= 0.6 is 34.5 Å². The fraction of sp³-hybridized carbons (Fsp3) is 0.0588. The molecule has 130 valence electrons. The standard InChI is InChI=1S/C17H11Cl2N5OS/c18-11-3-1-9(13(19)7-11)5-12-8-20-17(26-12)21-16(25)10-2-4-14-15(6-10)23-24-22-14/h1-4,6-8H,5H2,(H,20,21,25)(H,22,23,24). The van der Waals surface area contributed by atoms with E-state index in [-0.39, 0.29) is 5.91 Å². The van der Waals surface area contributed by atoms with Gasteiger partial charge in [0.05, 0.1) is 0 Å². The largest absolute Gasteiger partial charge is 0.298 e. The van der Waals surface area contributed by atoms with Crippen LogP contribution in [0.4, 0.5) is 5.13 Å². The Kier molecular flexibility index (Phi) is 4.58. The number of anilines is 1. The number of hydrogen-bond acceptors (Lipinski definition) is 5. The molecule has 26 heavy (non-hydrogen) atoms. The Morgan fingerprint density at radius 2 is 1.96 bits per heavy atom. The third-order valence-electron chi connectivity index (χ3n) is 3.73. The van der Waals surface area contributed by atoms with Crippen LogP contribution in [0.2, 0.25) is 10.0 Å². The summed E-state index contributed by atoms with van der Waals surface area (Å²) in [6.45, 7) is 0. The van der Waals surface area contributed by atoms with Crippen LogP contribution in [-0.2, 0) is 6.42 Å². The van der Waals surface area contributed by atoms with Crippen molar-refractivity contribution >= 4 is 56.6 Å². The SMILES string of the molecule is O=C(Nc1ncc(Cc2ccc(Cl)cc2Cl)s1)c1ccc2n[nH]nc2c1. The molecule has 0 bridgehead atoms. The first-order valence-electron chi connectivity index (χ1n) is 7.59. The highest BCUT2D eigenvalue weighted by Crippen LogP contribution is 2.27. The molecule has 0 unspecified atom stereocenters. The van der Waals surface area contributed by atoms with Gasteiger partial charge >= 0.3 is 0 Å². The number of aromatic nitrogens is 4. The van der Waals surface area contributed by atoms with E-state index in [1.807, 2.05) is 6.07 Å². The minimum absolute atomic E-state index is 0.250. The lowest BCUT2D eigenvalue weighted by atomic mass is 10.1. The van der Waals surface area contributed by atoms with E-state index in [1.165, 1.54) is 11.3 Å². The Morgan fingerprint density at radius 1 is 1.12 bits per heavy atom. The molecule has 2 heterocycles. The lowest BCUT2D eigenvalue weighted by Crippen LogP contribution is -2.11. The van der Waals surface area contributed by atoms with Gasteiger partial charge in [-0.25, -0.2) is 4.98 Å². The Morgan fingerprint density at radius 3 is 2.81 bits per heavy atom. The average molecular weight is 404 g/mol. The van der Waals surface area contributed by atoms with E-state index in [0.717, 1.165) is 10.4 Å². The van der Waals surface area contributed by atoms with E-state index in [4.69, 9.17) is 23.2 Å². The molecule has 4 rings (SSSR count). The zero-order valence-corrected chi connectivity index (χ0v) is 15.5. The van der Waals surface area contributed by atoms with Crippen LogP contribution < -0.4 is 5.32 Å². The first kappa shape index (κ1) is 17.0. The number of benzene rings is 2. The molecule has 9 heteroatoms. The second-order valence-corrected chi connectivity index (χ2v) is 7.48. The number of carbonyl (C=O) groups excluding carboxylic acids is 1. The summed E-state index contributed by atoms with van der Waals surface area (Å²) in [5.41, 5.74) is 2.78. The average Bonchev–Trinajstić information content (AvgIpc) is 3.25. The summed E-state index contributed by atoms with van der Waals surface area (Å²) in [7, 11) is 0. The summed E-state index contributed by atoms with van der Waals surface area (Å²) in [6.07, 6.45) is 2.35. The maximum Gasteiger partial charge on any atom is 0.257 e. The van der Waals surface area contributed by atoms with Gasteiger partial charge in [0.25, 0.3) is 5.91 Å². The molecule has 0 fully saturated rings. The highest BCUT2D eigenvalue weighted by molar-refractivity contribution is 7.15. The summed E-state index contributed by atoms with van der Waals surface area (Å²) < 4.78 is 0. The minimum atomic E-state index is -0.250. The van der Waals surface area contributed by atoms with Gasteiger partial charge in [-0.2, -0.15) is 15.4 Å². The number of nitrogens with zero attached hydrogens (tertiary/aromatic N) is 3. The van der Waals surface area contributed by atoms with Crippen LogP contribution in [0.3, 0.4) is 0 Å². The van der Waals surface area contributed by atoms with Crippen molar-refractivity contribution < 1.29 is 4.79 Å². The zero-order chi connectivity index (χ0) is 18.1. The summed E-state index contributed by atoms with van der Waals surface area (Å²) >= 11 is 13.5. The lowest BCUT2D eigenvalue weighted by Gasteiger charge is -2.03. The molecule has 0 spiro atoms. The van der Waals surface area contributed by atoms with Crippen molar-refractivity contribution in [1.29, 1.82) is 0 Å². The molecule has 2 aromatic heterocycles. The molecular weight excluding hydrogens is 393 g/mol. The van der Waals surface area contributed by atoms with Crippen molar-refractivity contribution in [3.63, 3.8) is 0 Å². The second-order valence-electron chi connectivity index (χ2n) is 5.53. The van der Waals surface area contributed by atoms with Gasteiger partial charge in [0.15, 0.2) is 5.13 Å². The Bertz CT molecular complexity index is 1110. The van der Waals surface area contributed by atoms with Crippen molar-refractivity contribution in [2.24, 2.45) is 0 Å². The van der Waals surface area contributed by atoms with Gasteiger partial charge in [0.2, 0.25) is 0 Å². The van der Waals surface area contributed by atoms with E-state index in [1.54, 1.807) is 36.5 Å². The minimum Gasteiger partial charge on any atom is -0.298 e. The number of halogens is 2. The first-order valence-corrected chi connectivity index (χ1v) is 9.16. The molecular formula is C17H11Cl2N5OS. The number of H-pyrrole nitrogens is 1. The molecule has 1 amide bonds. The molecule has 2 N–H and O–H groups in total. The van der Waals surface area contributed by atoms with Gasteiger partial charge in [-0.3, -0.25) is 10.1 Å². The van der Waals surface area contributed by atoms with Gasteiger partial charge in [-0.1, -0.05) is 29.3 Å². The number of carbonyl (C=O) groups is 1. The summed E-state index contributed by atoms with van der Waals surface area (Å²) in [5.74, 6) is -0.250. The summed E-state index contributed by atoms with van der Waals surface area (Å²) in [4.78, 5) is 17.6. The van der Waals surface area contributed by atoms with Crippen LogP contribution in [-0.4, -0.2) is 26.3 Å². The highest BCUT2D eigenvalue weighted by Gasteiger charge is 2.12. The molecule has 2 aromatic carbocycles. The van der Waals surface area contributed by atoms with Crippen LogP contribution in [0.25, 0.3) is 11.0 Å². The molecule has 0 radical (unpaired) electrons. The van der Waals surface area contributed by atoms with Gasteiger partial charge in [-0.15, -0.1) is 11.3 Å². The fourth-order valence-corrected chi connectivity index (χ4v) is 3.76. The van der Waals surface area contributed by atoms with E-state index in [2.05, 4.69) is 25.7 Å². The van der Waals surface area contributed by atoms with Crippen LogP contribution in [0.15, 0.2) is 42.6 Å². The Balaban J connectivity index is 1.48. The Hall–Kier alpha value is -2.48. The Labute approximate surface area is 162 Å². The molecule has 0 saturated carbocycles. The third kappa shape index (κ3) is 3.55. The molecule has 6 nitrogen and oxygen atoms in total. The van der Waals surface area contributed by atoms with Gasteiger partial charge < -0.3 is 0 Å². The second kappa shape index (κ2) is 7.03. The van der Waals surface area contributed by atoms with E-state index >= 15 is 0 Å². The number of nitrogens with one attached hydrogen (secondary N) is 2. The number of thiazole rings is 1. The first-order chi connectivity index (χ1) is 12.6. The predicted octanol–water partition coefficient (Wildman–Crippen LogP) is 4.56. The number of aromatic amines is 1. The summed E-state index contributed by atoms with van der Waals surface area (Å²) in [5, 5.41) is 15.0. The predicted molar refractivity (Wildman–Crippen MR) is 103 cm³/mol. The number of hydrogen-bond donors (Lipinski definition) is 2. The van der Waals surface area contributed by atoms with Gasteiger partial charge in [-0.05, 0) is 35.9 Å². The van der Waals surface area contributed by atoms with Crippen molar-refractivity contribution in [2.75, 3.05) is 5.32 Å². The van der Waals surface area contributed by atoms with Gasteiger partial charge in [0.1, 0.15) is 11.0 Å². The molecule has 4 aromatic rings. The number of fused-ring (bicyclic) bond motifs is 1. The monoisotopic (exact) mass is 403 g/mol. The van der Waals surface area contributed by atoms with Crippen LogP contribution in [0.1, 0.15) is 20.8 Å². The maximum atomic E-state index is 12.4. The molecule has 0 aliphatic rings. The van der Waals surface area contributed by atoms with Crippen molar-refractivity contribution in [3.8, 4) is 0 Å². The number of rotatable bonds is 4. The molecule has 0 atom stereocenters. The quantitative estimate of drug-likeness (QED) is 0.522. The zero-order valence-electron chi connectivity index (χ0n) is 13.2. The normalized spacial score (nSPS) is 11.0.